The Morgan fingerprint density at radius 3 is 1.79 bits per heavy atom. The van der Waals surface area contributed by atoms with Crippen LogP contribution in [0, 0.1) is 40.5 Å². The molecule has 0 fully saturated rings. The van der Waals surface area contributed by atoms with Crippen molar-refractivity contribution in [2.24, 2.45) is 5.92 Å². The molecular weight excluding hydrogens is 547 g/mol. The molecule has 0 N–H and O–H groups in total. The van der Waals surface area contributed by atoms with Crippen LogP contribution in [0.25, 0.3) is 0 Å². The number of hydrogen-bond donors (Lipinski definition) is 0. The summed E-state index contributed by atoms with van der Waals surface area (Å²) in [5, 5.41) is 5.21. The topological polar surface area (TPSA) is 0 Å². The SMILES string of the molecule is Cc1cc([SiH]([c-]2c(C)c(C)c(C)c2C)C2(C(C)C)C=CC=CC2)cc([Si](C)(C)C)c1.[Cl-].[Cl-].[Cl-].[Ti+4]. The molecule has 2 aromatic rings. The molecule has 0 aliphatic heterocycles. The summed E-state index contributed by atoms with van der Waals surface area (Å²) in [5.41, 5.74) is 7.56. The van der Waals surface area contributed by atoms with E-state index in [1.807, 2.05) is 0 Å². The van der Waals surface area contributed by atoms with Crippen LogP contribution in [0.1, 0.15) is 48.1 Å². The summed E-state index contributed by atoms with van der Waals surface area (Å²) in [6.07, 6.45) is 10.7. The zero-order chi connectivity index (χ0) is 22.4. The molecule has 1 aliphatic rings. The zero-order valence-electron chi connectivity index (χ0n) is 22.5. The van der Waals surface area contributed by atoms with Gasteiger partial charge in [0.05, 0.1) is 16.9 Å². The second-order valence-electron chi connectivity index (χ2n) is 11.0. The van der Waals surface area contributed by atoms with Gasteiger partial charge in [-0.3, -0.25) is 0 Å². The second-order valence-corrected chi connectivity index (χ2v) is 19.2. The molecule has 0 aromatic heterocycles. The van der Waals surface area contributed by atoms with Crippen molar-refractivity contribution in [3.63, 3.8) is 0 Å². The maximum Gasteiger partial charge on any atom is 4.00 e. The molecule has 34 heavy (non-hydrogen) atoms. The van der Waals surface area contributed by atoms with E-state index in [9.17, 15) is 0 Å². The average Bonchev–Trinajstić information content (AvgIpc) is 2.86. The van der Waals surface area contributed by atoms with Gasteiger partial charge in [0.2, 0.25) is 0 Å². The van der Waals surface area contributed by atoms with E-state index >= 15 is 0 Å². The molecule has 2 unspecified atom stereocenters. The number of aryl methyl sites for hydroxylation is 1. The molecular formula is C28H41Cl3Si2Ti. The number of halogens is 3. The van der Waals surface area contributed by atoms with Crippen LogP contribution in [0.2, 0.25) is 24.7 Å². The third kappa shape index (κ3) is 6.68. The van der Waals surface area contributed by atoms with Crippen molar-refractivity contribution < 1.29 is 58.9 Å². The standard InChI is InChI=1S/C28H41Si2.3ClH.Ti/c1-19(2)28(14-12-11-13-15-28)29(27-23(6)21(4)22(5)24(27)7)25-16-20(3)17-26(18-25)30(8,9)10;;;;/h11-14,16-19,29H,15H2,1-10H3;3*1H;/q-1;;;;+4/p-3. The third-order valence-corrected chi connectivity index (χ3v) is 14.5. The van der Waals surface area contributed by atoms with Gasteiger partial charge in [0.1, 0.15) is 0 Å². The predicted molar refractivity (Wildman–Crippen MR) is 142 cm³/mol. The molecule has 186 valence electrons. The monoisotopic (exact) mass is 586 g/mol. The van der Waals surface area contributed by atoms with Gasteiger partial charge in [-0.2, -0.15) is 27.4 Å². The van der Waals surface area contributed by atoms with E-state index in [1.165, 1.54) is 16.7 Å². The fraction of sp³-hybridized carbons (Fsp3) is 0.464. The van der Waals surface area contributed by atoms with Crippen molar-refractivity contribution in [2.45, 2.75) is 79.6 Å². The van der Waals surface area contributed by atoms with Crippen LogP contribution in [0.15, 0.2) is 42.5 Å². The van der Waals surface area contributed by atoms with E-state index < -0.39 is 16.9 Å². The Bertz CT molecular complexity index is 990. The van der Waals surface area contributed by atoms with Crippen LogP contribution in [-0.4, -0.2) is 16.9 Å². The first-order chi connectivity index (χ1) is 13.9. The first-order valence-corrected chi connectivity index (χ1v) is 16.8. The molecule has 3 rings (SSSR count). The van der Waals surface area contributed by atoms with Crippen LogP contribution in [-0.2, 0) is 21.7 Å². The molecule has 0 saturated carbocycles. The minimum Gasteiger partial charge on any atom is -1.00 e. The summed E-state index contributed by atoms with van der Waals surface area (Å²) in [6.45, 7) is 24.1. The van der Waals surface area contributed by atoms with Gasteiger partial charge in [-0.1, -0.05) is 120 Å². The largest absolute Gasteiger partial charge is 4.00 e. The Morgan fingerprint density at radius 1 is 0.853 bits per heavy atom. The van der Waals surface area contributed by atoms with Gasteiger partial charge in [-0.05, 0) is 24.3 Å². The number of hydrogen-bond acceptors (Lipinski definition) is 0. The first kappa shape index (κ1) is 36.2. The molecule has 0 radical (unpaired) electrons. The summed E-state index contributed by atoms with van der Waals surface area (Å²) in [6, 6.07) is 7.62. The number of allylic oxidation sites excluding steroid dienone is 4. The maximum absolute atomic E-state index is 2.63. The normalized spacial score (nSPS) is 17.9. The molecule has 2 atom stereocenters. The van der Waals surface area contributed by atoms with Crippen molar-refractivity contribution in [1.29, 1.82) is 0 Å². The van der Waals surface area contributed by atoms with Crippen molar-refractivity contribution in [3.8, 4) is 0 Å². The van der Waals surface area contributed by atoms with Gasteiger partial charge in [-0.25, -0.2) is 0 Å². The third-order valence-electron chi connectivity index (χ3n) is 7.82. The summed E-state index contributed by atoms with van der Waals surface area (Å²) in [7, 11) is -2.94. The van der Waals surface area contributed by atoms with Crippen LogP contribution in [0.4, 0.5) is 0 Å². The summed E-state index contributed by atoms with van der Waals surface area (Å²) in [5.74, 6) is 0.612. The van der Waals surface area contributed by atoms with Gasteiger partial charge < -0.3 is 37.2 Å². The smallest absolute Gasteiger partial charge is 1.00 e. The Kier molecular flexibility index (Phi) is 14.5. The summed E-state index contributed by atoms with van der Waals surface area (Å²) >= 11 is 0. The van der Waals surface area contributed by atoms with Crippen LogP contribution < -0.4 is 52.8 Å². The van der Waals surface area contributed by atoms with Gasteiger partial charge in [0.25, 0.3) is 0 Å². The molecule has 0 amide bonds. The van der Waals surface area contributed by atoms with Crippen molar-refractivity contribution >= 4 is 32.4 Å². The fourth-order valence-electron chi connectivity index (χ4n) is 5.47. The quantitative estimate of drug-likeness (QED) is 0.255. The molecule has 2 aromatic carbocycles. The van der Waals surface area contributed by atoms with Gasteiger partial charge in [-0.15, -0.1) is 0 Å². The molecule has 6 heteroatoms. The molecule has 0 bridgehead atoms. The molecule has 0 heterocycles. The first-order valence-electron chi connectivity index (χ1n) is 11.6. The minimum absolute atomic E-state index is 0. The van der Waals surface area contributed by atoms with Gasteiger partial charge in [0, 0.05) is 0 Å². The summed E-state index contributed by atoms with van der Waals surface area (Å²) < 4.78 is 0. The Morgan fingerprint density at radius 2 is 1.38 bits per heavy atom. The molecule has 1 aliphatic carbocycles. The van der Waals surface area contributed by atoms with E-state index in [-0.39, 0.29) is 64.0 Å². The van der Waals surface area contributed by atoms with E-state index in [2.05, 4.69) is 111 Å². The minimum atomic E-state index is -1.56. The molecule has 0 nitrogen and oxygen atoms in total. The van der Waals surface area contributed by atoms with Crippen LogP contribution in [0.3, 0.4) is 0 Å². The van der Waals surface area contributed by atoms with E-state index in [4.69, 9.17) is 0 Å². The Hall–Kier alpha value is 0.0681. The van der Waals surface area contributed by atoms with Crippen molar-refractivity contribution in [2.75, 3.05) is 0 Å². The van der Waals surface area contributed by atoms with Crippen molar-refractivity contribution in [1.82, 2.24) is 0 Å². The van der Waals surface area contributed by atoms with Gasteiger partial charge >= 0.3 is 21.7 Å². The Balaban J connectivity index is 0. The molecule has 0 saturated heterocycles. The number of rotatable bonds is 5. The van der Waals surface area contributed by atoms with Gasteiger partial charge in [0.15, 0.2) is 0 Å². The van der Waals surface area contributed by atoms with E-state index in [0.717, 1.165) is 6.42 Å². The predicted octanol–water partition coefficient (Wildman–Crippen LogP) is -3.24. The fourth-order valence-corrected chi connectivity index (χ4v) is 11.8. The van der Waals surface area contributed by atoms with E-state index in [1.54, 1.807) is 26.7 Å². The van der Waals surface area contributed by atoms with Crippen LogP contribution >= 0.6 is 0 Å². The van der Waals surface area contributed by atoms with Crippen LogP contribution in [0.5, 0.6) is 0 Å². The van der Waals surface area contributed by atoms with E-state index in [0.29, 0.717) is 5.92 Å². The Labute approximate surface area is 245 Å². The van der Waals surface area contributed by atoms with Crippen molar-refractivity contribution in [3.05, 3.63) is 70.3 Å². The number of benzene rings is 1. The maximum atomic E-state index is 2.63. The second kappa shape index (κ2) is 13.6. The summed E-state index contributed by atoms with van der Waals surface area (Å²) in [4.78, 5) is 0. The zero-order valence-corrected chi connectivity index (χ0v) is 28.5. The molecule has 0 spiro atoms. The average molecular weight is 588 g/mol.